The Morgan fingerprint density at radius 3 is 2.77 bits per heavy atom. The minimum atomic E-state index is -0.471. The Balaban J connectivity index is 1.24. The second-order valence-corrected chi connectivity index (χ2v) is 9.80. The van der Waals surface area contributed by atoms with Crippen molar-refractivity contribution in [2.75, 3.05) is 18.0 Å². The minimum absolute atomic E-state index is 0.0769. The first-order valence-electron chi connectivity index (χ1n) is 11.6. The van der Waals surface area contributed by atoms with Crippen molar-refractivity contribution in [3.8, 4) is 11.5 Å². The number of hydrogen-bond acceptors (Lipinski definition) is 7. The number of benzene rings is 1. The Morgan fingerprint density at radius 2 is 2.00 bits per heavy atom. The van der Waals surface area contributed by atoms with Gasteiger partial charge in [-0.15, -0.1) is 0 Å². The van der Waals surface area contributed by atoms with E-state index in [4.69, 9.17) is 4.74 Å². The van der Waals surface area contributed by atoms with Crippen LogP contribution in [0.3, 0.4) is 0 Å². The fourth-order valence-electron chi connectivity index (χ4n) is 4.70. The van der Waals surface area contributed by atoms with Crippen LogP contribution in [0, 0.1) is 0 Å². The molecule has 0 spiro atoms. The summed E-state index contributed by atoms with van der Waals surface area (Å²) in [5.74, 6) is 1.66. The number of hydrogen-bond donors (Lipinski definition) is 3. The lowest BCUT2D eigenvalue weighted by Gasteiger charge is -2.34. The van der Waals surface area contributed by atoms with Gasteiger partial charge in [0.25, 0.3) is 0 Å². The first-order valence-corrected chi connectivity index (χ1v) is 12.5. The number of ether oxygens (including phenoxy) is 1. The second-order valence-electron chi connectivity index (χ2n) is 8.67. The number of aromatic nitrogens is 2. The molecule has 35 heavy (non-hydrogen) atoms. The Morgan fingerprint density at radius 1 is 1.11 bits per heavy atom. The Hall–Kier alpha value is -3.63. The van der Waals surface area contributed by atoms with Crippen LogP contribution in [-0.2, 0) is 4.79 Å². The number of thioether (sulfide) groups is 1. The van der Waals surface area contributed by atoms with Gasteiger partial charge in [0.15, 0.2) is 0 Å². The van der Waals surface area contributed by atoms with E-state index < -0.39 is 11.3 Å². The quantitative estimate of drug-likeness (QED) is 0.504. The van der Waals surface area contributed by atoms with Crippen LogP contribution >= 0.6 is 11.8 Å². The molecule has 2 unspecified atom stereocenters. The normalized spacial score (nSPS) is 22.8. The van der Waals surface area contributed by atoms with Crippen molar-refractivity contribution in [1.82, 2.24) is 25.9 Å². The summed E-state index contributed by atoms with van der Waals surface area (Å²) in [5.41, 5.74) is 1.54. The zero-order valence-corrected chi connectivity index (χ0v) is 19.6. The molecule has 178 valence electrons. The minimum Gasteiger partial charge on any atom is -0.456 e. The van der Waals surface area contributed by atoms with Crippen LogP contribution in [-0.4, -0.2) is 46.3 Å². The van der Waals surface area contributed by atoms with Crippen LogP contribution in [0.25, 0.3) is 0 Å². The summed E-state index contributed by atoms with van der Waals surface area (Å²) in [6, 6.07) is 14.1. The van der Waals surface area contributed by atoms with E-state index in [2.05, 4.69) is 25.9 Å². The van der Waals surface area contributed by atoms with Crippen molar-refractivity contribution < 1.29 is 14.3 Å². The van der Waals surface area contributed by atoms with E-state index >= 15 is 0 Å². The topological polar surface area (TPSA) is 108 Å². The van der Waals surface area contributed by atoms with Crippen LogP contribution in [0.2, 0.25) is 0 Å². The summed E-state index contributed by atoms with van der Waals surface area (Å²) in [6.45, 7) is 1.74. The SMILES string of the molecule is O=C(NC1CCCNC1)[C@@H]1Sc2nccc3c2C1NC(=O)N3c1ccc(Oc2ccccc2)cn1. The third kappa shape index (κ3) is 4.19. The summed E-state index contributed by atoms with van der Waals surface area (Å²) in [5, 5.41) is 9.77. The van der Waals surface area contributed by atoms with Gasteiger partial charge in [0.2, 0.25) is 5.91 Å². The number of pyridine rings is 2. The van der Waals surface area contributed by atoms with E-state index in [1.165, 1.54) is 16.7 Å². The molecular formula is C25H24N6O3S. The van der Waals surface area contributed by atoms with Crippen LogP contribution in [0.4, 0.5) is 16.3 Å². The molecule has 3 aliphatic rings. The summed E-state index contributed by atoms with van der Waals surface area (Å²) in [6.07, 6.45) is 5.24. The fourth-order valence-corrected chi connectivity index (χ4v) is 5.94. The third-order valence-electron chi connectivity index (χ3n) is 6.34. The zero-order valence-electron chi connectivity index (χ0n) is 18.8. The van der Waals surface area contributed by atoms with Crippen molar-refractivity contribution in [2.45, 2.75) is 35.2 Å². The highest BCUT2D eigenvalue weighted by Crippen LogP contribution is 2.50. The third-order valence-corrected chi connectivity index (χ3v) is 7.63. The zero-order chi connectivity index (χ0) is 23.8. The van der Waals surface area contributed by atoms with Gasteiger partial charge in [-0.05, 0) is 49.7 Å². The highest BCUT2D eigenvalue weighted by molar-refractivity contribution is 8.01. The molecule has 1 saturated heterocycles. The largest absolute Gasteiger partial charge is 0.456 e. The molecule has 3 N–H and O–H groups in total. The average Bonchev–Trinajstić information content (AvgIpc) is 3.26. The van der Waals surface area contributed by atoms with Gasteiger partial charge >= 0.3 is 6.03 Å². The van der Waals surface area contributed by atoms with Gasteiger partial charge < -0.3 is 20.7 Å². The van der Waals surface area contributed by atoms with Crippen LogP contribution < -0.4 is 25.6 Å². The molecule has 0 radical (unpaired) electrons. The molecular weight excluding hydrogens is 464 g/mol. The van der Waals surface area contributed by atoms with Gasteiger partial charge in [-0.2, -0.15) is 0 Å². The van der Waals surface area contributed by atoms with Crippen LogP contribution in [0.15, 0.2) is 66.0 Å². The number of nitrogens with zero attached hydrogens (tertiary/aromatic N) is 3. The number of para-hydroxylation sites is 1. The number of carbonyl (C=O) groups is 2. The molecule has 3 aliphatic heterocycles. The molecule has 9 nitrogen and oxygen atoms in total. The predicted molar refractivity (Wildman–Crippen MR) is 132 cm³/mol. The highest BCUT2D eigenvalue weighted by Gasteiger charge is 2.47. The van der Waals surface area contributed by atoms with Crippen molar-refractivity contribution in [2.24, 2.45) is 0 Å². The lowest BCUT2D eigenvalue weighted by molar-refractivity contribution is -0.121. The molecule has 3 atom stereocenters. The van der Waals surface area contributed by atoms with Crippen molar-refractivity contribution in [3.63, 3.8) is 0 Å². The van der Waals surface area contributed by atoms with Gasteiger partial charge in [-0.25, -0.2) is 19.7 Å². The standard InChI is InChI=1S/C25H24N6O3S/c32-23(29-15-5-4-11-26-13-15)22-21-20-18(10-12-27-24(20)35-22)31(25(33)30-21)19-9-8-17(14-28-19)34-16-6-2-1-3-7-16/h1-3,6-10,12,14-15,21-22,26H,4-5,11,13H2,(H,29,32)(H,30,33)/t15?,21?,22-/m1/s1. The molecule has 3 amide bonds. The molecule has 5 heterocycles. The summed E-state index contributed by atoms with van der Waals surface area (Å²) < 4.78 is 5.82. The maximum absolute atomic E-state index is 13.3. The number of urea groups is 1. The molecule has 6 rings (SSSR count). The van der Waals surface area contributed by atoms with E-state index in [1.807, 2.05) is 30.3 Å². The van der Waals surface area contributed by atoms with Gasteiger partial charge in [0.05, 0.1) is 17.9 Å². The van der Waals surface area contributed by atoms with Crippen molar-refractivity contribution in [1.29, 1.82) is 0 Å². The second kappa shape index (κ2) is 9.20. The number of rotatable bonds is 5. The number of anilines is 2. The summed E-state index contributed by atoms with van der Waals surface area (Å²) in [4.78, 5) is 36.9. The van der Waals surface area contributed by atoms with E-state index in [9.17, 15) is 9.59 Å². The van der Waals surface area contributed by atoms with Crippen molar-refractivity contribution in [3.05, 3.63) is 66.5 Å². The Kier molecular flexibility index (Phi) is 5.75. The lowest BCUT2D eigenvalue weighted by atomic mass is 9.99. The molecule has 10 heteroatoms. The van der Waals surface area contributed by atoms with Crippen molar-refractivity contribution >= 4 is 35.2 Å². The van der Waals surface area contributed by atoms with Gasteiger partial charge in [-0.3, -0.25) is 4.79 Å². The first kappa shape index (κ1) is 21.9. The molecule has 1 fully saturated rings. The van der Waals surface area contributed by atoms with E-state index in [0.717, 1.165) is 36.5 Å². The molecule has 0 bridgehead atoms. The highest BCUT2D eigenvalue weighted by atomic mass is 32.2. The number of nitrogens with one attached hydrogen (secondary N) is 3. The molecule has 0 saturated carbocycles. The smallest absolute Gasteiger partial charge is 0.328 e. The van der Waals surface area contributed by atoms with Crippen LogP contribution in [0.5, 0.6) is 11.5 Å². The predicted octanol–water partition coefficient (Wildman–Crippen LogP) is 3.51. The van der Waals surface area contributed by atoms with E-state index in [-0.39, 0.29) is 18.0 Å². The molecule has 0 aliphatic carbocycles. The number of amides is 3. The van der Waals surface area contributed by atoms with Gasteiger partial charge in [-0.1, -0.05) is 30.0 Å². The first-order chi connectivity index (χ1) is 17.2. The summed E-state index contributed by atoms with van der Waals surface area (Å²) in [7, 11) is 0. The fraction of sp³-hybridized carbons (Fsp3) is 0.280. The van der Waals surface area contributed by atoms with Gasteiger partial charge in [0, 0.05) is 24.3 Å². The monoisotopic (exact) mass is 488 g/mol. The van der Waals surface area contributed by atoms with Crippen LogP contribution in [0.1, 0.15) is 24.4 Å². The van der Waals surface area contributed by atoms with E-state index in [0.29, 0.717) is 23.0 Å². The lowest BCUT2D eigenvalue weighted by Crippen LogP contribution is -2.52. The molecule has 1 aromatic carbocycles. The Bertz CT molecular complexity index is 1250. The Labute approximate surface area is 206 Å². The molecule has 2 aromatic heterocycles. The van der Waals surface area contributed by atoms with Gasteiger partial charge in [0.1, 0.15) is 27.6 Å². The maximum Gasteiger partial charge on any atom is 0.328 e. The maximum atomic E-state index is 13.3. The average molecular weight is 489 g/mol. The molecule has 3 aromatic rings. The van der Waals surface area contributed by atoms with E-state index in [1.54, 1.807) is 30.6 Å². The number of carbonyl (C=O) groups excluding carboxylic acids is 2. The number of piperidine rings is 1. The summed E-state index contributed by atoms with van der Waals surface area (Å²) >= 11 is 1.40.